The number of amides is 2. The lowest BCUT2D eigenvalue weighted by molar-refractivity contribution is -0.384. The molecule has 0 radical (unpaired) electrons. The number of hydrogen-bond donors (Lipinski definition) is 3. The van der Waals surface area contributed by atoms with Gasteiger partial charge in [-0.3, -0.25) is 14.9 Å². The average molecular weight is 295 g/mol. The number of benzene rings is 1. The van der Waals surface area contributed by atoms with E-state index in [0.717, 1.165) is 0 Å². The van der Waals surface area contributed by atoms with Gasteiger partial charge in [0.05, 0.1) is 4.92 Å². The zero-order chi connectivity index (χ0) is 15.8. The fourth-order valence-electron chi connectivity index (χ4n) is 1.58. The van der Waals surface area contributed by atoms with Crippen molar-refractivity contribution in [1.29, 1.82) is 0 Å². The van der Waals surface area contributed by atoms with Gasteiger partial charge in [0.2, 0.25) is 0 Å². The number of carboxylic acids is 1. The predicted molar refractivity (Wildman–Crippen MR) is 76.2 cm³/mol. The minimum atomic E-state index is -0.864. The van der Waals surface area contributed by atoms with Crippen molar-refractivity contribution in [3.05, 3.63) is 34.4 Å². The van der Waals surface area contributed by atoms with Crippen molar-refractivity contribution in [2.24, 2.45) is 5.92 Å². The van der Waals surface area contributed by atoms with E-state index < -0.39 is 16.9 Å². The molecule has 0 saturated heterocycles. The molecule has 1 aromatic carbocycles. The Morgan fingerprint density at radius 3 is 2.48 bits per heavy atom. The molecule has 1 atom stereocenters. The van der Waals surface area contributed by atoms with E-state index in [4.69, 9.17) is 5.11 Å². The van der Waals surface area contributed by atoms with E-state index in [-0.39, 0.29) is 18.0 Å². The second-order valence-electron chi connectivity index (χ2n) is 4.68. The fraction of sp³-hybridized carbons (Fsp3) is 0.385. The third-order valence-corrected chi connectivity index (χ3v) is 2.80. The lowest BCUT2D eigenvalue weighted by Gasteiger charge is -2.12. The van der Waals surface area contributed by atoms with Gasteiger partial charge in [0.25, 0.3) is 5.69 Å². The van der Waals surface area contributed by atoms with Crippen molar-refractivity contribution >= 4 is 23.4 Å². The Morgan fingerprint density at radius 1 is 1.33 bits per heavy atom. The highest BCUT2D eigenvalue weighted by Crippen LogP contribution is 2.15. The molecule has 0 saturated carbocycles. The zero-order valence-electron chi connectivity index (χ0n) is 11.5. The molecule has 1 unspecified atom stereocenters. The molecule has 0 aliphatic heterocycles. The normalized spacial score (nSPS) is 11.5. The summed E-state index contributed by atoms with van der Waals surface area (Å²) in [7, 11) is 0. The fourth-order valence-corrected chi connectivity index (χ4v) is 1.58. The summed E-state index contributed by atoms with van der Waals surface area (Å²) in [5, 5.41) is 24.2. The number of anilines is 1. The number of nitrogens with one attached hydrogen (secondary N) is 2. The van der Waals surface area contributed by atoms with E-state index in [1.165, 1.54) is 24.3 Å². The summed E-state index contributed by atoms with van der Waals surface area (Å²) >= 11 is 0. The summed E-state index contributed by atoms with van der Waals surface area (Å²) in [5.41, 5.74) is 0.388. The number of rotatable bonds is 7. The first-order valence-electron chi connectivity index (χ1n) is 6.39. The number of aliphatic carboxylic acids is 1. The molecule has 0 aromatic heterocycles. The number of carbonyl (C=O) groups is 2. The molecule has 8 nitrogen and oxygen atoms in total. The van der Waals surface area contributed by atoms with Crippen LogP contribution in [-0.4, -0.2) is 28.6 Å². The van der Waals surface area contributed by atoms with Crippen LogP contribution in [-0.2, 0) is 4.79 Å². The summed E-state index contributed by atoms with van der Waals surface area (Å²) < 4.78 is 0. The number of carbonyl (C=O) groups excluding carboxylic acids is 1. The number of carboxylic acid groups (broad SMARTS) is 1. The number of hydrogen-bond acceptors (Lipinski definition) is 4. The number of nitro groups is 1. The molecule has 3 N–H and O–H groups in total. The van der Waals surface area contributed by atoms with Crippen molar-refractivity contribution in [2.45, 2.75) is 19.8 Å². The smallest absolute Gasteiger partial charge is 0.319 e. The number of non-ortho nitro benzene ring substituents is 1. The SMILES string of the molecule is CC(CCC(=O)O)CNC(=O)Nc1ccc([N+](=O)[O-])cc1. The summed E-state index contributed by atoms with van der Waals surface area (Å²) in [6, 6.07) is 5.03. The largest absolute Gasteiger partial charge is 0.481 e. The molecule has 21 heavy (non-hydrogen) atoms. The second-order valence-corrected chi connectivity index (χ2v) is 4.68. The third-order valence-electron chi connectivity index (χ3n) is 2.80. The van der Waals surface area contributed by atoms with Crippen molar-refractivity contribution in [3.8, 4) is 0 Å². The molecular weight excluding hydrogens is 278 g/mol. The highest BCUT2D eigenvalue weighted by atomic mass is 16.6. The number of nitro benzene ring substituents is 1. The highest BCUT2D eigenvalue weighted by molar-refractivity contribution is 5.89. The van der Waals surface area contributed by atoms with Gasteiger partial charge in [0.15, 0.2) is 0 Å². The molecule has 114 valence electrons. The first-order chi connectivity index (χ1) is 9.88. The van der Waals surface area contributed by atoms with Gasteiger partial charge >= 0.3 is 12.0 Å². The molecule has 2 amide bonds. The molecule has 0 aliphatic rings. The minimum Gasteiger partial charge on any atom is -0.481 e. The van der Waals surface area contributed by atoms with Crippen LogP contribution < -0.4 is 10.6 Å². The van der Waals surface area contributed by atoms with Gasteiger partial charge < -0.3 is 15.7 Å². The van der Waals surface area contributed by atoms with Gasteiger partial charge in [-0.25, -0.2) is 4.79 Å². The van der Waals surface area contributed by atoms with Gasteiger partial charge in [0, 0.05) is 30.8 Å². The van der Waals surface area contributed by atoms with Crippen molar-refractivity contribution in [2.75, 3.05) is 11.9 Å². The highest BCUT2D eigenvalue weighted by Gasteiger charge is 2.09. The van der Waals surface area contributed by atoms with E-state index in [0.29, 0.717) is 18.7 Å². The number of urea groups is 1. The summed E-state index contributed by atoms with van der Waals surface area (Å²) in [6.45, 7) is 2.20. The first-order valence-corrected chi connectivity index (χ1v) is 6.39. The minimum absolute atomic E-state index is 0.0451. The van der Waals surface area contributed by atoms with Crippen LogP contribution in [0.2, 0.25) is 0 Å². The van der Waals surface area contributed by atoms with Crippen LogP contribution in [0.4, 0.5) is 16.2 Å². The molecule has 0 aliphatic carbocycles. The van der Waals surface area contributed by atoms with Crippen LogP contribution in [0.25, 0.3) is 0 Å². The zero-order valence-corrected chi connectivity index (χ0v) is 11.5. The molecule has 1 aromatic rings. The molecular formula is C13H17N3O5. The van der Waals surface area contributed by atoms with Gasteiger partial charge in [-0.15, -0.1) is 0 Å². The summed E-state index contributed by atoms with van der Waals surface area (Å²) in [4.78, 5) is 32.0. The Bertz CT molecular complexity index is 515. The van der Waals surface area contributed by atoms with Gasteiger partial charge in [-0.2, -0.15) is 0 Å². The van der Waals surface area contributed by atoms with Crippen LogP contribution >= 0.6 is 0 Å². The Hall–Kier alpha value is -2.64. The lowest BCUT2D eigenvalue weighted by Crippen LogP contribution is -2.32. The monoisotopic (exact) mass is 295 g/mol. The molecule has 8 heteroatoms. The van der Waals surface area contributed by atoms with Crippen molar-refractivity contribution < 1.29 is 19.6 Å². The third kappa shape index (κ3) is 6.37. The van der Waals surface area contributed by atoms with Gasteiger partial charge in [-0.05, 0) is 24.5 Å². The Morgan fingerprint density at radius 2 is 1.95 bits per heavy atom. The van der Waals surface area contributed by atoms with E-state index in [9.17, 15) is 19.7 Å². The Labute approximate surface area is 121 Å². The topological polar surface area (TPSA) is 122 Å². The first kappa shape index (κ1) is 16.4. The van der Waals surface area contributed by atoms with Crippen molar-refractivity contribution in [3.63, 3.8) is 0 Å². The van der Waals surface area contributed by atoms with Crippen LogP contribution in [0.5, 0.6) is 0 Å². The van der Waals surface area contributed by atoms with Crippen molar-refractivity contribution in [1.82, 2.24) is 5.32 Å². The number of nitrogens with zero attached hydrogens (tertiary/aromatic N) is 1. The average Bonchev–Trinajstić information content (AvgIpc) is 2.43. The lowest BCUT2D eigenvalue weighted by atomic mass is 10.1. The molecule has 0 spiro atoms. The Balaban J connectivity index is 2.36. The van der Waals surface area contributed by atoms with E-state index >= 15 is 0 Å². The maximum Gasteiger partial charge on any atom is 0.319 e. The quantitative estimate of drug-likeness (QED) is 0.526. The maximum absolute atomic E-state index is 11.6. The molecule has 0 bridgehead atoms. The van der Waals surface area contributed by atoms with Crippen LogP contribution in [0.1, 0.15) is 19.8 Å². The van der Waals surface area contributed by atoms with Crippen LogP contribution in [0.3, 0.4) is 0 Å². The van der Waals surface area contributed by atoms with E-state index in [1.807, 2.05) is 6.92 Å². The standard InChI is InChI=1S/C13H17N3O5/c1-9(2-7-12(17)18)8-14-13(19)15-10-3-5-11(6-4-10)16(20)21/h3-6,9H,2,7-8H2,1H3,(H,17,18)(H2,14,15,19). The van der Waals surface area contributed by atoms with E-state index in [2.05, 4.69) is 10.6 Å². The summed E-state index contributed by atoms with van der Waals surface area (Å²) in [5.74, 6) is -0.819. The Kier molecular flexibility index (Phi) is 6.12. The van der Waals surface area contributed by atoms with E-state index in [1.54, 1.807) is 0 Å². The van der Waals surface area contributed by atoms with Gasteiger partial charge in [0.1, 0.15) is 0 Å². The molecule has 0 fully saturated rings. The maximum atomic E-state index is 11.6. The van der Waals surface area contributed by atoms with Gasteiger partial charge in [-0.1, -0.05) is 6.92 Å². The predicted octanol–water partition coefficient (Wildman–Crippen LogP) is 2.22. The summed E-state index contributed by atoms with van der Waals surface area (Å²) in [6.07, 6.45) is 0.542. The second kappa shape index (κ2) is 7.83. The molecule has 1 rings (SSSR count). The van der Waals surface area contributed by atoms with Crippen LogP contribution in [0.15, 0.2) is 24.3 Å². The molecule has 0 heterocycles. The van der Waals surface area contributed by atoms with Crippen LogP contribution in [0, 0.1) is 16.0 Å².